The monoisotopic (exact) mass is 465 g/mol. The van der Waals surface area contributed by atoms with Gasteiger partial charge in [-0.3, -0.25) is 19.2 Å². The highest BCUT2D eigenvalue weighted by Crippen LogP contribution is 2.20. The van der Waals surface area contributed by atoms with Crippen molar-refractivity contribution in [1.82, 2.24) is 10.6 Å². The first kappa shape index (κ1) is 27.4. The third kappa shape index (κ3) is 8.09. The van der Waals surface area contributed by atoms with Crippen LogP contribution in [-0.4, -0.2) is 56.1 Å². The minimum absolute atomic E-state index is 0.00000867. The van der Waals surface area contributed by atoms with Crippen LogP contribution in [0.15, 0.2) is 30.3 Å². The molecule has 4 N–H and O–H groups in total. The molecule has 182 valence electrons. The molecule has 0 aliphatic carbocycles. The summed E-state index contributed by atoms with van der Waals surface area (Å²) in [6, 6.07) is 6.45. The summed E-state index contributed by atoms with van der Waals surface area (Å²) in [5.41, 5.74) is 6.19. The van der Waals surface area contributed by atoms with Crippen molar-refractivity contribution in [3.8, 4) is 0 Å². The van der Waals surface area contributed by atoms with E-state index in [4.69, 9.17) is 10.5 Å². The van der Waals surface area contributed by atoms with Crippen LogP contribution in [0.25, 0.3) is 0 Å². The number of rotatable bonds is 11. The molecule has 0 aliphatic rings. The van der Waals surface area contributed by atoms with Gasteiger partial charge < -0.3 is 30.6 Å². The number of alkyl carbamates (subject to hydrolysis) is 1. The van der Waals surface area contributed by atoms with Gasteiger partial charge in [-0.2, -0.15) is 0 Å². The Labute approximate surface area is 192 Å². The highest BCUT2D eigenvalue weighted by molar-refractivity contribution is 5.97. The van der Waals surface area contributed by atoms with Gasteiger partial charge in [-0.25, -0.2) is 4.79 Å². The maximum absolute atomic E-state index is 12.9. The zero-order valence-corrected chi connectivity index (χ0v) is 19.3. The number of hydrogen-bond donors (Lipinski definition) is 3. The molecule has 0 fully saturated rings. The van der Waals surface area contributed by atoms with Gasteiger partial charge >= 0.3 is 18.0 Å². The molecular weight excluding hydrogens is 434 g/mol. The normalized spacial score (nSPS) is 13.4. The zero-order valence-electron chi connectivity index (χ0n) is 19.3. The van der Waals surface area contributed by atoms with E-state index in [0.717, 1.165) is 19.8 Å². The summed E-state index contributed by atoms with van der Waals surface area (Å²) in [5.74, 6) is -6.61. The van der Waals surface area contributed by atoms with Gasteiger partial charge in [-0.05, 0) is 11.5 Å². The number of amides is 3. The van der Waals surface area contributed by atoms with E-state index < -0.39 is 59.7 Å². The van der Waals surface area contributed by atoms with Crippen molar-refractivity contribution in [3.05, 3.63) is 35.9 Å². The number of nitrogens with one attached hydrogen (secondary N) is 2. The largest absolute Gasteiger partial charge is 0.468 e. The second-order valence-electron chi connectivity index (χ2n) is 7.70. The second-order valence-corrected chi connectivity index (χ2v) is 7.70. The summed E-state index contributed by atoms with van der Waals surface area (Å²) in [6.45, 7) is 4.73. The number of carbonyl (C=O) groups excluding carboxylic acids is 5. The van der Waals surface area contributed by atoms with Gasteiger partial charge in [0.15, 0.2) is 5.92 Å². The summed E-state index contributed by atoms with van der Waals surface area (Å²) in [7, 11) is 2.14. The van der Waals surface area contributed by atoms with Crippen molar-refractivity contribution in [2.45, 2.75) is 39.5 Å². The lowest BCUT2D eigenvalue weighted by Crippen LogP contribution is -2.58. The van der Waals surface area contributed by atoms with Crippen LogP contribution in [0.2, 0.25) is 0 Å². The predicted octanol–water partition coefficient (Wildman–Crippen LogP) is 0.506. The molecular formula is C22H31N3O8. The quantitative estimate of drug-likeness (QED) is 0.242. The minimum Gasteiger partial charge on any atom is -0.468 e. The molecule has 33 heavy (non-hydrogen) atoms. The van der Waals surface area contributed by atoms with E-state index in [1.807, 2.05) is 6.07 Å². The number of methoxy groups -OCH3 is 2. The summed E-state index contributed by atoms with van der Waals surface area (Å²) in [6.07, 6.45) is -0.835. The van der Waals surface area contributed by atoms with Crippen LogP contribution in [-0.2, 0) is 40.0 Å². The summed E-state index contributed by atoms with van der Waals surface area (Å²) >= 11 is 0. The first-order chi connectivity index (χ1) is 15.5. The molecule has 11 nitrogen and oxygen atoms in total. The fourth-order valence-electron chi connectivity index (χ4n) is 3.10. The fraction of sp³-hybridized carbons (Fsp3) is 0.500. The lowest BCUT2D eigenvalue weighted by Gasteiger charge is -2.29. The first-order valence-corrected chi connectivity index (χ1v) is 10.3. The third-order valence-electron chi connectivity index (χ3n) is 5.00. The van der Waals surface area contributed by atoms with Gasteiger partial charge in [-0.15, -0.1) is 0 Å². The molecule has 1 aromatic rings. The summed E-state index contributed by atoms with van der Waals surface area (Å²) in [5, 5.41) is 4.87. The number of ether oxygens (including phenoxy) is 3. The number of primary amides is 1. The van der Waals surface area contributed by atoms with Crippen LogP contribution in [0.5, 0.6) is 0 Å². The molecule has 0 saturated carbocycles. The van der Waals surface area contributed by atoms with Crippen molar-refractivity contribution in [3.63, 3.8) is 0 Å². The van der Waals surface area contributed by atoms with E-state index in [9.17, 15) is 24.0 Å². The highest BCUT2D eigenvalue weighted by atomic mass is 16.6. The van der Waals surface area contributed by atoms with E-state index in [2.05, 4.69) is 20.1 Å². The maximum atomic E-state index is 12.9. The smallest absolute Gasteiger partial charge is 0.408 e. The Bertz CT molecular complexity index is 827. The summed E-state index contributed by atoms with van der Waals surface area (Å²) in [4.78, 5) is 61.4. The van der Waals surface area contributed by atoms with E-state index in [0.29, 0.717) is 0 Å². The number of esters is 2. The van der Waals surface area contributed by atoms with Crippen molar-refractivity contribution in [1.29, 1.82) is 0 Å². The minimum atomic E-state index is -1.50. The highest BCUT2D eigenvalue weighted by Gasteiger charge is 2.42. The van der Waals surface area contributed by atoms with Crippen molar-refractivity contribution >= 4 is 29.8 Å². The lowest BCUT2D eigenvalue weighted by molar-refractivity contribution is -0.162. The van der Waals surface area contributed by atoms with Crippen molar-refractivity contribution < 1.29 is 38.2 Å². The van der Waals surface area contributed by atoms with E-state index in [1.54, 1.807) is 38.1 Å². The molecule has 0 radical (unpaired) electrons. The van der Waals surface area contributed by atoms with Gasteiger partial charge in [0.05, 0.1) is 14.2 Å². The Hall–Kier alpha value is -3.63. The first-order valence-electron chi connectivity index (χ1n) is 10.3. The van der Waals surface area contributed by atoms with Crippen LogP contribution in [0.4, 0.5) is 4.79 Å². The van der Waals surface area contributed by atoms with Gasteiger partial charge in [0, 0.05) is 5.92 Å². The lowest BCUT2D eigenvalue weighted by atomic mass is 9.86. The van der Waals surface area contributed by atoms with Crippen LogP contribution >= 0.6 is 0 Å². The van der Waals surface area contributed by atoms with Crippen LogP contribution < -0.4 is 16.4 Å². The van der Waals surface area contributed by atoms with E-state index >= 15 is 0 Å². The Morgan fingerprint density at radius 1 is 0.879 bits per heavy atom. The average molecular weight is 466 g/mol. The standard InChI is InChI=1S/C22H31N3O8/c1-12(2)16(25-22(30)33-11-14-9-7-6-8-10-14)19(27)24-17(18(23)26)13(3)15(20(28)31-4)21(29)32-5/h6-10,12-13,15-17H,11H2,1-5H3,(H2,23,26)(H,24,27)(H,25,30)/t13-,16+,17+/m0/s1. The number of benzene rings is 1. The van der Waals surface area contributed by atoms with E-state index in [-0.39, 0.29) is 6.61 Å². The molecule has 3 amide bonds. The number of hydrogen-bond acceptors (Lipinski definition) is 8. The summed E-state index contributed by atoms with van der Waals surface area (Å²) < 4.78 is 14.4. The third-order valence-corrected chi connectivity index (χ3v) is 5.00. The molecule has 0 bridgehead atoms. The molecule has 11 heteroatoms. The fourth-order valence-corrected chi connectivity index (χ4v) is 3.10. The van der Waals surface area contributed by atoms with Gasteiger partial charge in [0.2, 0.25) is 11.8 Å². The van der Waals surface area contributed by atoms with Gasteiger partial charge in [0.1, 0.15) is 18.7 Å². The molecule has 0 unspecified atom stereocenters. The van der Waals surface area contributed by atoms with Crippen molar-refractivity contribution in [2.75, 3.05) is 14.2 Å². The molecule has 0 heterocycles. The van der Waals surface area contributed by atoms with Crippen LogP contribution in [0, 0.1) is 17.8 Å². The van der Waals surface area contributed by atoms with Gasteiger partial charge in [0.25, 0.3) is 0 Å². The van der Waals surface area contributed by atoms with Crippen LogP contribution in [0.1, 0.15) is 26.3 Å². The van der Waals surface area contributed by atoms with E-state index in [1.165, 1.54) is 6.92 Å². The zero-order chi connectivity index (χ0) is 25.1. The Morgan fingerprint density at radius 3 is 1.88 bits per heavy atom. The Balaban J connectivity index is 2.93. The Kier molecular flexibility index (Phi) is 10.8. The molecule has 3 atom stereocenters. The second kappa shape index (κ2) is 13.0. The molecule has 0 spiro atoms. The topological polar surface area (TPSA) is 163 Å². The predicted molar refractivity (Wildman–Crippen MR) is 116 cm³/mol. The molecule has 0 aliphatic heterocycles. The molecule has 1 aromatic carbocycles. The average Bonchev–Trinajstić information content (AvgIpc) is 2.79. The van der Waals surface area contributed by atoms with Crippen LogP contribution in [0.3, 0.4) is 0 Å². The SMILES string of the molecule is COC(=O)C(C(=O)OC)[C@H](C)[C@@H](NC(=O)[C@H](NC(=O)OCc1ccccc1)C(C)C)C(N)=O. The number of nitrogens with two attached hydrogens (primary N) is 1. The van der Waals surface area contributed by atoms with Gasteiger partial charge in [-0.1, -0.05) is 51.1 Å². The number of carbonyl (C=O) groups is 5. The molecule has 1 rings (SSSR count). The molecule has 0 saturated heterocycles. The van der Waals surface area contributed by atoms with Crippen molar-refractivity contribution in [2.24, 2.45) is 23.5 Å². The Morgan fingerprint density at radius 2 is 1.42 bits per heavy atom. The maximum Gasteiger partial charge on any atom is 0.408 e. The molecule has 0 aromatic heterocycles.